The summed E-state index contributed by atoms with van der Waals surface area (Å²) in [4.78, 5) is 0. The highest BCUT2D eigenvalue weighted by Gasteiger charge is 2.27. The molecule has 0 spiro atoms. The van der Waals surface area contributed by atoms with Gasteiger partial charge in [-0.3, -0.25) is 0 Å². The minimum absolute atomic E-state index is 0.532. The van der Waals surface area contributed by atoms with Crippen molar-refractivity contribution >= 4 is 0 Å². The van der Waals surface area contributed by atoms with E-state index in [0.29, 0.717) is 5.41 Å². The fraction of sp³-hybridized carbons (Fsp3) is 0.647. The van der Waals surface area contributed by atoms with Crippen LogP contribution in [0, 0.1) is 5.41 Å². The summed E-state index contributed by atoms with van der Waals surface area (Å²) in [6, 6.07) is 8.47. The summed E-state index contributed by atoms with van der Waals surface area (Å²) in [5, 5.41) is 3.61. The Labute approximate surface area is 117 Å². The molecule has 0 radical (unpaired) electrons. The van der Waals surface area contributed by atoms with E-state index >= 15 is 0 Å². The lowest BCUT2D eigenvalue weighted by molar-refractivity contribution is 0.313. The molecule has 1 saturated carbocycles. The lowest BCUT2D eigenvalue weighted by Gasteiger charge is -2.23. The quantitative estimate of drug-likeness (QED) is 0.796. The van der Waals surface area contributed by atoms with Crippen LogP contribution in [0.1, 0.15) is 51.5 Å². The molecule has 1 fully saturated rings. The largest absolute Gasteiger partial charge is 0.494 e. The zero-order chi connectivity index (χ0) is 13.6. The van der Waals surface area contributed by atoms with Gasteiger partial charge in [0.15, 0.2) is 0 Å². The SMILES string of the molecule is CCCOc1ccc(CNCC2(C)CCCC2)cc1. The van der Waals surface area contributed by atoms with Gasteiger partial charge in [0.2, 0.25) is 0 Å². The van der Waals surface area contributed by atoms with E-state index in [4.69, 9.17) is 4.74 Å². The maximum absolute atomic E-state index is 5.59. The molecule has 106 valence electrons. The molecule has 1 aliphatic carbocycles. The maximum atomic E-state index is 5.59. The first-order chi connectivity index (χ1) is 9.22. The fourth-order valence-electron chi connectivity index (χ4n) is 2.84. The second kappa shape index (κ2) is 6.95. The van der Waals surface area contributed by atoms with Gasteiger partial charge < -0.3 is 10.1 Å². The van der Waals surface area contributed by atoms with Gasteiger partial charge in [-0.15, -0.1) is 0 Å². The van der Waals surface area contributed by atoms with Gasteiger partial charge in [0.05, 0.1) is 6.61 Å². The Morgan fingerprint density at radius 1 is 1.16 bits per heavy atom. The predicted molar refractivity (Wildman–Crippen MR) is 80.5 cm³/mol. The summed E-state index contributed by atoms with van der Waals surface area (Å²) in [7, 11) is 0. The predicted octanol–water partition coefficient (Wildman–Crippen LogP) is 4.15. The molecule has 2 nitrogen and oxygen atoms in total. The smallest absolute Gasteiger partial charge is 0.119 e. The molecule has 1 N–H and O–H groups in total. The van der Waals surface area contributed by atoms with Crippen LogP contribution in [-0.2, 0) is 6.54 Å². The molecule has 1 aromatic rings. The highest BCUT2D eigenvalue weighted by Crippen LogP contribution is 2.36. The van der Waals surface area contributed by atoms with Crippen LogP contribution in [0.2, 0.25) is 0 Å². The Kier molecular flexibility index (Phi) is 5.26. The van der Waals surface area contributed by atoms with Gasteiger partial charge in [-0.05, 0) is 42.4 Å². The van der Waals surface area contributed by atoms with E-state index in [1.54, 1.807) is 0 Å². The first-order valence-electron chi connectivity index (χ1n) is 7.64. The molecule has 19 heavy (non-hydrogen) atoms. The van der Waals surface area contributed by atoms with Gasteiger partial charge in [0.25, 0.3) is 0 Å². The van der Waals surface area contributed by atoms with Gasteiger partial charge >= 0.3 is 0 Å². The van der Waals surface area contributed by atoms with Gasteiger partial charge in [0.1, 0.15) is 5.75 Å². The van der Waals surface area contributed by atoms with Crippen LogP contribution >= 0.6 is 0 Å². The molecule has 0 atom stereocenters. The molecule has 2 heteroatoms. The van der Waals surface area contributed by atoms with Gasteiger partial charge in [0, 0.05) is 13.1 Å². The number of hydrogen-bond donors (Lipinski definition) is 1. The summed E-state index contributed by atoms with van der Waals surface area (Å²) in [5.74, 6) is 0.980. The lowest BCUT2D eigenvalue weighted by atomic mass is 9.89. The third-order valence-electron chi connectivity index (χ3n) is 4.09. The average Bonchev–Trinajstić information content (AvgIpc) is 2.85. The Balaban J connectivity index is 1.73. The first-order valence-corrected chi connectivity index (χ1v) is 7.64. The second-order valence-electron chi connectivity index (χ2n) is 6.11. The molecular formula is C17H27NO. The summed E-state index contributed by atoms with van der Waals surface area (Å²) in [6.45, 7) is 7.44. The van der Waals surface area contributed by atoms with E-state index < -0.39 is 0 Å². The molecule has 0 amide bonds. The zero-order valence-electron chi connectivity index (χ0n) is 12.4. The van der Waals surface area contributed by atoms with Crippen molar-refractivity contribution in [3.63, 3.8) is 0 Å². The number of hydrogen-bond acceptors (Lipinski definition) is 2. The van der Waals surface area contributed by atoms with Crippen LogP contribution in [0.5, 0.6) is 5.75 Å². The van der Waals surface area contributed by atoms with Crippen molar-refractivity contribution in [3.05, 3.63) is 29.8 Å². The van der Waals surface area contributed by atoms with Crippen molar-refractivity contribution in [3.8, 4) is 5.75 Å². The van der Waals surface area contributed by atoms with Crippen molar-refractivity contribution < 1.29 is 4.74 Å². The summed E-state index contributed by atoms with van der Waals surface area (Å²) in [6.07, 6.45) is 6.62. The zero-order valence-corrected chi connectivity index (χ0v) is 12.4. The number of benzene rings is 1. The van der Waals surface area contributed by atoms with Gasteiger partial charge in [-0.25, -0.2) is 0 Å². The van der Waals surface area contributed by atoms with Crippen molar-refractivity contribution in [2.45, 2.75) is 52.5 Å². The molecular weight excluding hydrogens is 234 g/mol. The minimum atomic E-state index is 0.532. The summed E-state index contributed by atoms with van der Waals surface area (Å²) < 4.78 is 5.59. The molecule has 1 aliphatic rings. The molecule has 2 rings (SSSR count). The van der Waals surface area contributed by atoms with E-state index in [-0.39, 0.29) is 0 Å². The summed E-state index contributed by atoms with van der Waals surface area (Å²) >= 11 is 0. The highest BCUT2D eigenvalue weighted by molar-refractivity contribution is 5.27. The molecule has 0 aromatic heterocycles. The molecule has 0 bridgehead atoms. The van der Waals surface area contributed by atoms with E-state index in [9.17, 15) is 0 Å². The van der Waals surface area contributed by atoms with Crippen LogP contribution in [0.4, 0.5) is 0 Å². The van der Waals surface area contributed by atoms with Crippen molar-refractivity contribution in [2.24, 2.45) is 5.41 Å². The second-order valence-corrected chi connectivity index (χ2v) is 6.11. The topological polar surface area (TPSA) is 21.3 Å². The Hall–Kier alpha value is -1.02. The number of rotatable bonds is 7. The first kappa shape index (κ1) is 14.4. The van der Waals surface area contributed by atoms with Crippen molar-refractivity contribution in [1.82, 2.24) is 5.32 Å². The molecule has 0 aliphatic heterocycles. The van der Waals surface area contributed by atoms with E-state index in [1.807, 2.05) is 0 Å². The van der Waals surface area contributed by atoms with Crippen LogP contribution in [-0.4, -0.2) is 13.2 Å². The van der Waals surface area contributed by atoms with Crippen LogP contribution < -0.4 is 10.1 Å². The maximum Gasteiger partial charge on any atom is 0.119 e. The highest BCUT2D eigenvalue weighted by atomic mass is 16.5. The molecule has 0 unspecified atom stereocenters. The average molecular weight is 261 g/mol. The fourth-order valence-corrected chi connectivity index (χ4v) is 2.84. The van der Waals surface area contributed by atoms with Crippen LogP contribution in [0.25, 0.3) is 0 Å². The van der Waals surface area contributed by atoms with E-state index in [0.717, 1.165) is 31.9 Å². The van der Waals surface area contributed by atoms with E-state index in [2.05, 4.69) is 43.4 Å². The van der Waals surface area contributed by atoms with Gasteiger partial charge in [-0.1, -0.05) is 38.8 Å². The normalized spacial score (nSPS) is 17.6. The Bertz CT molecular complexity index is 365. The van der Waals surface area contributed by atoms with Crippen LogP contribution in [0.15, 0.2) is 24.3 Å². The molecule has 0 saturated heterocycles. The molecule has 1 aromatic carbocycles. The molecule has 0 heterocycles. The van der Waals surface area contributed by atoms with Crippen molar-refractivity contribution in [1.29, 1.82) is 0 Å². The Morgan fingerprint density at radius 3 is 2.47 bits per heavy atom. The third kappa shape index (κ3) is 4.54. The Morgan fingerprint density at radius 2 is 1.84 bits per heavy atom. The standard InChI is InChI=1S/C17H27NO/c1-3-12-19-16-8-6-15(7-9-16)13-18-14-17(2)10-4-5-11-17/h6-9,18H,3-5,10-14H2,1-2H3. The van der Waals surface area contributed by atoms with Crippen LogP contribution in [0.3, 0.4) is 0 Å². The minimum Gasteiger partial charge on any atom is -0.494 e. The number of ether oxygens (including phenoxy) is 1. The van der Waals surface area contributed by atoms with Crippen molar-refractivity contribution in [2.75, 3.05) is 13.2 Å². The third-order valence-corrected chi connectivity index (χ3v) is 4.09. The number of nitrogens with one attached hydrogen (secondary N) is 1. The van der Waals surface area contributed by atoms with Gasteiger partial charge in [-0.2, -0.15) is 0 Å². The van der Waals surface area contributed by atoms with E-state index in [1.165, 1.54) is 31.2 Å². The monoisotopic (exact) mass is 261 g/mol. The lowest BCUT2D eigenvalue weighted by Crippen LogP contribution is -2.29. The summed E-state index contributed by atoms with van der Waals surface area (Å²) in [5.41, 5.74) is 1.87.